The molecule has 2 aliphatic rings. The van der Waals surface area contributed by atoms with Crippen molar-refractivity contribution in [1.82, 2.24) is 14.8 Å². The van der Waals surface area contributed by atoms with Crippen molar-refractivity contribution in [3.63, 3.8) is 0 Å². The first-order valence-electron chi connectivity index (χ1n) is 10.4. The first-order chi connectivity index (χ1) is 13.1. The first kappa shape index (κ1) is 18.4. The fourth-order valence-electron chi connectivity index (χ4n) is 4.35. The van der Waals surface area contributed by atoms with E-state index in [1.165, 1.54) is 19.4 Å². The summed E-state index contributed by atoms with van der Waals surface area (Å²) in [5, 5.41) is 1.04. The summed E-state index contributed by atoms with van der Waals surface area (Å²) >= 11 is 0. The largest absolute Gasteiger partial charge is 0.494 e. The van der Waals surface area contributed by atoms with E-state index in [4.69, 9.17) is 4.74 Å². The van der Waals surface area contributed by atoms with Crippen LogP contribution >= 0.6 is 0 Å². The number of piperidine rings is 1. The average molecular weight is 370 g/mol. The van der Waals surface area contributed by atoms with Gasteiger partial charge in [0.2, 0.25) is 0 Å². The minimum Gasteiger partial charge on any atom is -0.494 e. The highest BCUT2D eigenvalue weighted by Gasteiger charge is 2.23. The Morgan fingerprint density at radius 2 is 2.00 bits per heavy atom. The van der Waals surface area contributed by atoms with Crippen LogP contribution in [0.15, 0.2) is 24.3 Å². The van der Waals surface area contributed by atoms with Gasteiger partial charge in [-0.2, -0.15) is 0 Å². The second-order valence-electron chi connectivity index (χ2n) is 8.32. The Kier molecular flexibility index (Phi) is 5.39. The van der Waals surface area contributed by atoms with E-state index in [0.29, 0.717) is 11.7 Å². The molecule has 0 saturated carbocycles. The molecule has 146 valence electrons. The van der Waals surface area contributed by atoms with Gasteiger partial charge in [0.25, 0.3) is 5.91 Å². The molecule has 1 unspecified atom stereocenters. The number of aromatic nitrogens is 1. The van der Waals surface area contributed by atoms with Crippen LogP contribution in [0.25, 0.3) is 10.9 Å². The van der Waals surface area contributed by atoms with E-state index in [0.717, 1.165) is 61.5 Å². The second-order valence-corrected chi connectivity index (χ2v) is 8.32. The van der Waals surface area contributed by atoms with E-state index in [9.17, 15) is 4.79 Å². The van der Waals surface area contributed by atoms with Gasteiger partial charge in [-0.3, -0.25) is 4.79 Å². The monoisotopic (exact) mass is 369 g/mol. The van der Waals surface area contributed by atoms with Crippen molar-refractivity contribution in [3.05, 3.63) is 30.0 Å². The number of amides is 1. The number of rotatable bonds is 5. The molecule has 0 spiro atoms. The summed E-state index contributed by atoms with van der Waals surface area (Å²) in [5.74, 6) is 1.72. The van der Waals surface area contributed by atoms with E-state index < -0.39 is 0 Å². The molecule has 1 amide bonds. The van der Waals surface area contributed by atoms with Crippen molar-refractivity contribution in [2.24, 2.45) is 5.92 Å². The molecule has 2 saturated heterocycles. The molecule has 0 aliphatic carbocycles. The van der Waals surface area contributed by atoms with Crippen molar-refractivity contribution in [2.75, 3.05) is 33.3 Å². The Bertz CT molecular complexity index is 792. The summed E-state index contributed by atoms with van der Waals surface area (Å²) in [6.45, 7) is 5.92. The van der Waals surface area contributed by atoms with Gasteiger partial charge < -0.3 is 19.5 Å². The summed E-state index contributed by atoms with van der Waals surface area (Å²) in [4.78, 5) is 20.5. The van der Waals surface area contributed by atoms with E-state index in [1.54, 1.807) is 0 Å². The van der Waals surface area contributed by atoms with Gasteiger partial charge in [-0.05, 0) is 75.9 Å². The number of H-pyrrole nitrogens is 1. The third kappa shape index (κ3) is 4.13. The Hall–Kier alpha value is -2.01. The molecule has 2 aromatic rings. The SMILES string of the molecule is CC1CCN(C(=O)c2cc3cc(OCCC4CCCN4C)ccc3[nH]2)CC1. The number of aromatic amines is 1. The number of likely N-dealkylation sites (tertiary alicyclic amines) is 2. The van der Waals surface area contributed by atoms with Crippen LogP contribution in [-0.2, 0) is 0 Å². The Morgan fingerprint density at radius 3 is 2.74 bits per heavy atom. The van der Waals surface area contributed by atoms with Crippen LogP contribution in [0.2, 0.25) is 0 Å². The fraction of sp³-hybridized carbons (Fsp3) is 0.591. The number of hydrogen-bond donors (Lipinski definition) is 1. The predicted molar refractivity (Wildman–Crippen MR) is 108 cm³/mol. The average Bonchev–Trinajstić information content (AvgIpc) is 3.27. The van der Waals surface area contributed by atoms with Crippen molar-refractivity contribution in [3.8, 4) is 5.75 Å². The number of nitrogens with one attached hydrogen (secondary N) is 1. The maximum Gasteiger partial charge on any atom is 0.270 e. The number of hydrogen-bond acceptors (Lipinski definition) is 3. The van der Waals surface area contributed by atoms with Gasteiger partial charge in [-0.15, -0.1) is 0 Å². The lowest BCUT2D eigenvalue weighted by Gasteiger charge is -2.29. The summed E-state index contributed by atoms with van der Waals surface area (Å²) < 4.78 is 5.99. The first-order valence-corrected chi connectivity index (χ1v) is 10.4. The molecular formula is C22H31N3O2. The topological polar surface area (TPSA) is 48.6 Å². The van der Waals surface area contributed by atoms with Gasteiger partial charge in [-0.1, -0.05) is 6.92 Å². The molecule has 0 radical (unpaired) electrons. The van der Waals surface area contributed by atoms with Gasteiger partial charge >= 0.3 is 0 Å². The second kappa shape index (κ2) is 7.93. The highest BCUT2D eigenvalue weighted by Crippen LogP contribution is 2.25. The van der Waals surface area contributed by atoms with Crippen LogP contribution in [-0.4, -0.2) is 60.0 Å². The summed E-state index contributed by atoms with van der Waals surface area (Å²) in [6, 6.07) is 8.67. The Balaban J connectivity index is 1.38. The molecule has 5 nitrogen and oxygen atoms in total. The lowest BCUT2D eigenvalue weighted by atomic mass is 9.99. The van der Waals surface area contributed by atoms with Crippen LogP contribution in [0.4, 0.5) is 0 Å². The summed E-state index contributed by atoms with van der Waals surface area (Å²) in [7, 11) is 2.20. The van der Waals surface area contributed by atoms with Gasteiger partial charge in [0.15, 0.2) is 0 Å². The maximum atomic E-state index is 12.8. The Morgan fingerprint density at radius 1 is 1.19 bits per heavy atom. The van der Waals surface area contributed by atoms with Gasteiger partial charge in [0, 0.05) is 30.0 Å². The number of nitrogens with zero attached hydrogens (tertiary/aromatic N) is 2. The molecule has 5 heteroatoms. The van der Waals surface area contributed by atoms with Crippen molar-refractivity contribution in [1.29, 1.82) is 0 Å². The highest BCUT2D eigenvalue weighted by atomic mass is 16.5. The highest BCUT2D eigenvalue weighted by molar-refractivity contribution is 5.98. The van der Waals surface area contributed by atoms with Crippen molar-refractivity contribution in [2.45, 2.75) is 45.1 Å². The number of carbonyl (C=O) groups excluding carboxylic acids is 1. The number of fused-ring (bicyclic) bond motifs is 1. The molecule has 1 aromatic carbocycles. The number of carbonyl (C=O) groups is 1. The quantitative estimate of drug-likeness (QED) is 0.869. The van der Waals surface area contributed by atoms with E-state index >= 15 is 0 Å². The molecule has 3 heterocycles. The third-order valence-electron chi connectivity index (χ3n) is 6.28. The lowest BCUT2D eigenvalue weighted by molar-refractivity contribution is 0.0692. The molecule has 1 atom stereocenters. The van der Waals surface area contributed by atoms with Crippen LogP contribution in [0.1, 0.15) is 49.5 Å². The maximum absolute atomic E-state index is 12.8. The molecular weight excluding hydrogens is 338 g/mol. The molecule has 1 aromatic heterocycles. The standard InChI is InChI=1S/C22H31N3O2/c1-16-7-11-25(12-8-16)22(26)21-15-17-14-19(5-6-20(17)23-21)27-13-9-18-4-3-10-24(18)2/h5-6,14-16,18,23H,3-4,7-13H2,1-2H3. The van der Waals surface area contributed by atoms with E-state index in [2.05, 4.69) is 23.9 Å². The van der Waals surface area contributed by atoms with Crippen LogP contribution in [0, 0.1) is 5.92 Å². The normalized spacial score (nSPS) is 21.9. The molecule has 0 bridgehead atoms. The zero-order valence-corrected chi connectivity index (χ0v) is 16.5. The van der Waals surface area contributed by atoms with Crippen molar-refractivity contribution < 1.29 is 9.53 Å². The third-order valence-corrected chi connectivity index (χ3v) is 6.28. The van der Waals surface area contributed by atoms with Gasteiger partial charge in [0.05, 0.1) is 6.61 Å². The van der Waals surface area contributed by atoms with Crippen molar-refractivity contribution >= 4 is 16.8 Å². The predicted octanol–water partition coefficient (Wildman–Crippen LogP) is 3.90. The van der Waals surface area contributed by atoms with E-state index in [-0.39, 0.29) is 5.91 Å². The zero-order valence-electron chi connectivity index (χ0n) is 16.5. The minimum atomic E-state index is 0.116. The molecule has 2 fully saturated rings. The molecule has 2 aliphatic heterocycles. The zero-order chi connectivity index (χ0) is 18.8. The Labute approximate surface area is 161 Å². The van der Waals surface area contributed by atoms with Gasteiger partial charge in [-0.25, -0.2) is 0 Å². The molecule has 1 N–H and O–H groups in total. The number of ether oxygens (including phenoxy) is 1. The van der Waals surface area contributed by atoms with Gasteiger partial charge in [0.1, 0.15) is 11.4 Å². The van der Waals surface area contributed by atoms with Crippen LogP contribution in [0.3, 0.4) is 0 Å². The smallest absolute Gasteiger partial charge is 0.270 e. The number of benzene rings is 1. The molecule has 4 rings (SSSR count). The van der Waals surface area contributed by atoms with Crippen LogP contribution in [0.5, 0.6) is 5.75 Å². The summed E-state index contributed by atoms with van der Waals surface area (Å²) in [6.07, 6.45) is 5.83. The van der Waals surface area contributed by atoms with Crippen LogP contribution < -0.4 is 4.74 Å². The molecule has 27 heavy (non-hydrogen) atoms. The summed E-state index contributed by atoms with van der Waals surface area (Å²) in [5.41, 5.74) is 1.68. The fourth-order valence-corrected chi connectivity index (χ4v) is 4.35. The minimum absolute atomic E-state index is 0.116. The lowest BCUT2D eigenvalue weighted by Crippen LogP contribution is -2.38. The van der Waals surface area contributed by atoms with E-state index in [1.807, 2.05) is 29.2 Å².